The van der Waals surface area contributed by atoms with E-state index in [-0.39, 0.29) is 11.8 Å². The molecule has 0 saturated carbocycles. The van der Waals surface area contributed by atoms with Crippen LogP contribution in [0.3, 0.4) is 0 Å². The maximum absolute atomic E-state index is 12.3. The van der Waals surface area contributed by atoms with Crippen LogP contribution in [-0.2, 0) is 13.3 Å². The maximum atomic E-state index is 12.3. The second-order valence-corrected chi connectivity index (χ2v) is 6.53. The Bertz CT molecular complexity index is 363. The molecule has 0 aromatic heterocycles. The summed E-state index contributed by atoms with van der Waals surface area (Å²) in [5, 5.41) is 0. The molecule has 4 nitrogen and oxygen atoms in total. The number of ketones is 1. The molecule has 0 amide bonds. The number of hydrogen-bond donors (Lipinski definition) is 0. The molecule has 0 fully saturated rings. The predicted octanol–water partition coefficient (Wildman–Crippen LogP) is 2.92. The maximum Gasteiger partial charge on any atom is 0.508 e. The Balaban J connectivity index is 2.83. The Kier molecular flexibility index (Phi) is 6.94. The lowest BCUT2D eigenvalue weighted by Gasteiger charge is -2.27. The predicted molar refractivity (Wildman–Crippen MR) is 76.2 cm³/mol. The summed E-state index contributed by atoms with van der Waals surface area (Å²) in [7, 11) is -2.89. The van der Waals surface area contributed by atoms with Crippen molar-refractivity contribution in [2.45, 2.75) is 26.8 Å². The average Bonchev–Trinajstić information content (AvgIpc) is 2.40. The Morgan fingerprint density at radius 1 is 0.947 bits per heavy atom. The van der Waals surface area contributed by atoms with E-state index in [0.29, 0.717) is 25.4 Å². The van der Waals surface area contributed by atoms with Gasteiger partial charge >= 0.3 is 8.80 Å². The van der Waals surface area contributed by atoms with Gasteiger partial charge in [-0.15, -0.1) is 0 Å². The van der Waals surface area contributed by atoms with Gasteiger partial charge in [-0.3, -0.25) is 4.79 Å². The standard InChI is InChI=1S/C14H22O4Si/c1-4-16-19(17-5-2,18-6-3)12-14(15)13-10-8-7-9-11-13/h7-11H,4-6,12H2,1-3H3. The summed E-state index contributed by atoms with van der Waals surface area (Å²) in [6, 6.07) is 9.36. The molecule has 0 N–H and O–H groups in total. The SMILES string of the molecule is CCO[Si](CC(=O)c1ccccc1)(OCC)OCC. The Morgan fingerprint density at radius 3 is 1.84 bits per heavy atom. The first-order valence-corrected chi connectivity index (χ1v) is 8.60. The number of hydrogen-bond acceptors (Lipinski definition) is 4. The van der Waals surface area contributed by atoms with Gasteiger partial charge in [0.2, 0.25) is 0 Å². The van der Waals surface area contributed by atoms with Gasteiger partial charge in [0.25, 0.3) is 0 Å². The van der Waals surface area contributed by atoms with Crippen molar-refractivity contribution in [3.8, 4) is 0 Å². The van der Waals surface area contributed by atoms with Crippen LogP contribution in [0.25, 0.3) is 0 Å². The Hall–Kier alpha value is -1.01. The summed E-state index contributed by atoms with van der Waals surface area (Å²) in [6.07, 6.45) is 0. The van der Waals surface area contributed by atoms with E-state index in [1.165, 1.54) is 0 Å². The van der Waals surface area contributed by atoms with Crippen molar-refractivity contribution in [1.29, 1.82) is 0 Å². The van der Waals surface area contributed by atoms with Crippen LogP contribution < -0.4 is 0 Å². The lowest BCUT2D eigenvalue weighted by Crippen LogP contribution is -2.47. The highest BCUT2D eigenvalue weighted by Gasteiger charge is 2.43. The zero-order valence-corrected chi connectivity index (χ0v) is 12.8. The molecule has 0 saturated heterocycles. The van der Waals surface area contributed by atoms with Gasteiger partial charge in [-0.05, 0) is 20.8 Å². The summed E-state index contributed by atoms with van der Waals surface area (Å²) >= 11 is 0. The molecule has 1 rings (SSSR count). The summed E-state index contributed by atoms with van der Waals surface area (Å²) in [4.78, 5) is 12.3. The minimum atomic E-state index is -2.89. The van der Waals surface area contributed by atoms with Crippen LogP contribution in [0.2, 0.25) is 6.04 Å². The van der Waals surface area contributed by atoms with Gasteiger partial charge in [-0.25, -0.2) is 0 Å². The highest BCUT2D eigenvalue weighted by atomic mass is 28.4. The van der Waals surface area contributed by atoms with E-state index in [0.717, 1.165) is 0 Å². The van der Waals surface area contributed by atoms with E-state index in [4.69, 9.17) is 13.3 Å². The van der Waals surface area contributed by atoms with Crippen LogP contribution in [0.5, 0.6) is 0 Å². The van der Waals surface area contributed by atoms with E-state index >= 15 is 0 Å². The van der Waals surface area contributed by atoms with Crippen LogP contribution >= 0.6 is 0 Å². The smallest absolute Gasteiger partial charge is 0.373 e. The van der Waals surface area contributed by atoms with Crippen molar-refractivity contribution >= 4 is 14.6 Å². The van der Waals surface area contributed by atoms with Crippen LogP contribution in [0.1, 0.15) is 31.1 Å². The first kappa shape index (κ1) is 16.0. The van der Waals surface area contributed by atoms with E-state index in [1.807, 2.05) is 39.0 Å². The fraction of sp³-hybridized carbons (Fsp3) is 0.500. The monoisotopic (exact) mass is 282 g/mol. The van der Waals surface area contributed by atoms with E-state index in [2.05, 4.69) is 0 Å². The third-order valence-electron chi connectivity index (χ3n) is 2.57. The molecule has 0 unspecified atom stereocenters. The summed E-state index contributed by atoms with van der Waals surface area (Å²) in [5.41, 5.74) is 0.665. The first-order chi connectivity index (χ1) is 9.17. The van der Waals surface area contributed by atoms with E-state index < -0.39 is 8.80 Å². The number of rotatable bonds is 9. The van der Waals surface area contributed by atoms with Gasteiger partial charge in [0.15, 0.2) is 5.78 Å². The molecule has 19 heavy (non-hydrogen) atoms. The minimum Gasteiger partial charge on any atom is -0.373 e. The van der Waals surface area contributed by atoms with E-state index in [1.54, 1.807) is 12.1 Å². The van der Waals surface area contributed by atoms with E-state index in [9.17, 15) is 4.79 Å². The fourth-order valence-electron chi connectivity index (χ4n) is 1.86. The van der Waals surface area contributed by atoms with Crippen LogP contribution in [0.4, 0.5) is 0 Å². The molecule has 0 bridgehead atoms. The van der Waals surface area contributed by atoms with Crippen molar-refractivity contribution in [2.75, 3.05) is 19.8 Å². The third-order valence-corrected chi connectivity index (χ3v) is 5.51. The highest BCUT2D eigenvalue weighted by Crippen LogP contribution is 2.19. The topological polar surface area (TPSA) is 44.8 Å². The molecular weight excluding hydrogens is 260 g/mol. The molecule has 0 atom stereocenters. The number of carbonyl (C=O) groups excluding carboxylic acids is 1. The van der Waals surface area contributed by atoms with Crippen molar-refractivity contribution in [3.05, 3.63) is 35.9 Å². The van der Waals surface area contributed by atoms with Gasteiger partial charge in [0, 0.05) is 25.4 Å². The average molecular weight is 282 g/mol. The molecule has 0 aliphatic heterocycles. The summed E-state index contributed by atoms with van der Waals surface area (Å²) < 4.78 is 17.0. The largest absolute Gasteiger partial charge is 0.508 e. The van der Waals surface area contributed by atoms with Crippen molar-refractivity contribution in [2.24, 2.45) is 0 Å². The van der Waals surface area contributed by atoms with Gasteiger partial charge < -0.3 is 13.3 Å². The highest BCUT2D eigenvalue weighted by molar-refractivity contribution is 6.65. The second kappa shape index (κ2) is 8.22. The van der Waals surface area contributed by atoms with Crippen LogP contribution in [0, 0.1) is 0 Å². The van der Waals surface area contributed by atoms with Crippen molar-refractivity contribution in [3.63, 3.8) is 0 Å². The molecule has 106 valence electrons. The molecule has 1 aromatic carbocycles. The molecule has 5 heteroatoms. The third kappa shape index (κ3) is 4.87. The zero-order chi connectivity index (χ0) is 14.1. The quantitative estimate of drug-likeness (QED) is 0.516. The molecule has 0 heterocycles. The lowest BCUT2D eigenvalue weighted by atomic mass is 10.2. The Morgan fingerprint density at radius 2 is 1.42 bits per heavy atom. The summed E-state index contributed by atoms with van der Waals surface area (Å²) in [5.74, 6) is 0.00242. The van der Waals surface area contributed by atoms with Gasteiger partial charge in [0.05, 0.1) is 6.04 Å². The number of benzene rings is 1. The molecule has 1 aromatic rings. The summed E-state index contributed by atoms with van der Waals surface area (Å²) in [6.45, 7) is 7.09. The van der Waals surface area contributed by atoms with Gasteiger partial charge in [-0.2, -0.15) is 0 Å². The minimum absolute atomic E-state index is 0.00242. The second-order valence-electron chi connectivity index (χ2n) is 3.95. The van der Waals surface area contributed by atoms with Gasteiger partial charge in [-0.1, -0.05) is 30.3 Å². The zero-order valence-electron chi connectivity index (χ0n) is 11.8. The Labute approximate surface area is 116 Å². The van der Waals surface area contributed by atoms with Crippen molar-refractivity contribution in [1.82, 2.24) is 0 Å². The van der Waals surface area contributed by atoms with Gasteiger partial charge in [0.1, 0.15) is 0 Å². The molecule has 0 aliphatic carbocycles. The van der Waals surface area contributed by atoms with Crippen LogP contribution in [0.15, 0.2) is 30.3 Å². The molecular formula is C14H22O4Si. The number of carbonyl (C=O) groups is 1. The lowest BCUT2D eigenvalue weighted by molar-refractivity contribution is 0.0673. The van der Waals surface area contributed by atoms with Crippen LogP contribution in [-0.4, -0.2) is 34.4 Å². The molecule has 0 radical (unpaired) electrons. The number of Topliss-reactive ketones (excluding diaryl/α,β-unsaturated/α-hetero) is 1. The molecule has 0 aliphatic rings. The van der Waals surface area contributed by atoms with Crippen molar-refractivity contribution < 1.29 is 18.1 Å². The first-order valence-electron chi connectivity index (χ1n) is 6.67. The fourth-order valence-corrected chi connectivity index (χ4v) is 4.33. The molecule has 0 spiro atoms. The normalized spacial score (nSPS) is 11.5.